The van der Waals surface area contributed by atoms with Crippen molar-refractivity contribution in [1.29, 1.82) is 0 Å². The molecule has 0 aliphatic carbocycles. The first-order chi connectivity index (χ1) is 28.2. The number of rotatable bonds is 23. The Morgan fingerprint density at radius 2 is 1.78 bits per heavy atom. The first-order valence-electron chi connectivity index (χ1n) is 22.2. The lowest BCUT2D eigenvalue weighted by atomic mass is 9.84. The van der Waals surface area contributed by atoms with Crippen LogP contribution in [0, 0.1) is 24.2 Å². The maximum atomic E-state index is 14.9. The molecule has 3 N–H and O–H groups in total. The quantitative estimate of drug-likeness (QED) is 0.0753. The van der Waals surface area contributed by atoms with Crippen LogP contribution in [-0.4, -0.2) is 93.9 Å². The Balaban J connectivity index is 1.96. The SMILES string of the molecule is [2H]c1cc(C[C@@H](CC(C)(C)C(=O)O)NC(=O)c2csc([C@@H](C[C@H](C(C)C)N(CCCCCC)C(=O)[C@@H](NC(=O)[C@H]3CCCCN3C)[C@@H](C)CC)OC(C)=O)n2)cc([2H])c1C. The molecule has 1 fully saturated rings. The van der Waals surface area contributed by atoms with Crippen molar-refractivity contribution < 1.29 is 36.6 Å². The number of likely N-dealkylation sites (N-methyl/N-ethyl adjacent to an activating group) is 1. The number of unbranched alkanes of at least 4 members (excludes halogenated alkanes) is 3. The molecule has 13 heteroatoms. The molecule has 0 unspecified atom stereocenters. The Hall–Kier alpha value is -3.84. The third-order valence-corrected chi connectivity index (χ3v) is 12.4. The van der Waals surface area contributed by atoms with Crippen molar-refractivity contribution in [3.05, 3.63) is 51.4 Å². The summed E-state index contributed by atoms with van der Waals surface area (Å²) in [4.78, 5) is 75.9. The predicted molar refractivity (Wildman–Crippen MR) is 230 cm³/mol. The fraction of sp³-hybridized carbons (Fsp3) is 0.689. The molecule has 1 aromatic heterocycles. The Labute approximate surface area is 354 Å². The molecule has 3 amide bonds. The molecule has 1 aliphatic heterocycles. The number of hydrogen-bond acceptors (Lipinski definition) is 9. The Bertz CT molecular complexity index is 1750. The van der Waals surface area contributed by atoms with Crippen LogP contribution in [0.3, 0.4) is 0 Å². The third kappa shape index (κ3) is 14.5. The van der Waals surface area contributed by atoms with E-state index in [4.69, 9.17) is 7.48 Å². The van der Waals surface area contributed by atoms with Gasteiger partial charge < -0.3 is 25.4 Å². The highest BCUT2D eigenvalue weighted by molar-refractivity contribution is 7.09. The number of carboxylic acids is 1. The number of nitrogens with zero attached hydrogens (tertiary/aromatic N) is 3. The second-order valence-corrected chi connectivity index (χ2v) is 18.1. The molecule has 0 bridgehead atoms. The molecule has 0 spiro atoms. The maximum Gasteiger partial charge on any atom is 0.309 e. The van der Waals surface area contributed by atoms with Crippen LogP contribution < -0.4 is 10.6 Å². The van der Waals surface area contributed by atoms with Crippen LogP contribution in [-0.2, 0) is 30.3 Å². The summed E-state index contributed by atoms with van der Waals surface area (Å²) in [6.45, 7) is 17.6. The third-order valence-electron chi connectivity index (χ3n) is 11.5. The molecule has 0 saturated carbocycles. The first-order valence-corrected chi connectivity index (χ1v) is 22.1. The zero-order valence-corrected chi connectivity index (χ0v) is 37.4. The van der Waals surface area contributed by atoms with Gasteiger partial charge in [0.1, 0.15) is 16.7 Å². The largest absolute Gasteiger partial charge is 0.481 e. The molecule has 58 heavy (non-hydrogen) atoms. The second kappa shape index (κ2) is 23.1. The Morgan fingerprint density at radius 1 is 1.09 bits per heavy atom. The zero-order valence-electron chi connectivity index (χ0n) is 38.6. The van der Waals surface area contributed by atoms with E-state index in [1.54, 1.807) is 38.3 Å². The average Bonchev–Trinajstić information content (AvgIpc) is 3.68. The summed E-state index contributed by atoms with van der Waals surface area (Å²) < 4.78 is 22.5. The average molecular weight is 828 g/mol. The number of ether oxygens (including phenoxy) is 1. The fourth-order valence-electron chi connectivity index (χ4n) is 7.61. The number of likely N-dealkylation sites (tertiary alicyclic amines) is 1. The van der Waals surface area contributed by atoms with E-state index in [2.05, 4.69) is 27.4 Å². The highest BCUT2D eigenvalue weighted by atomic mass is 32.1. The number of carbonyl (C=O) groups is 5. The standard InChI is InChI=1S/C45H71N5O7S/c1-11-13-14-16-24-50(43(54)39(31(6)12-2)48-41(53)36-18-15-17-23-49(36)10)37(29(3)4)26-38(57-32(7)51)42-47-35(28-58-42)40(52)46-34(27-45(8,9)44(55)56)25-33-21-19-30(5)20-22-33/h19-22,28-29,31,34,36-39H,11-18,23-27H2,1-10H3,(H,46,52)(H,48,53)(H,55,56)/t31-,34-,36+,37+,38+,39-/m0/s1/i19D,20D. The lowest BCUT2D eigenvalue weighted by Crippen LogP contribution is -2.59. The van der Waals surface area contributed by atoms with Crippen LogP contribution >= 0.6 is 11.3 Å². The van der Waals surface area contributed by atoms with Crippen LogP contribution in [0.4, 0.5) is 0 Å². The smallest absolute Gasteiger partial charge is 0.309 e. The number of thiazole rings is 1. The van der Waals surface area contributed by atoms with E-state index >= 15 is 0 Å². The van der Waals surface area contributed by atoms with Gasteiger partial charge in [0.15, 0.2) is 6.10 Å². The van der Waals surface area contributed by atoms with Gasteiger partial charge in [0.2, 0.25) is 11.8 Å². The van der Waals surface area contributed by atoms with Gasteiger partial charge in [-0.05, 0) is 83.9 Å². The molecule has 0 radical (unpaired) electrons. The lowest BCUT2D eigenvalue weighted by Gasteiger charge is -2.40. The van der Waals surface area contributed by atoms with Gasteiger partial charge in [-0.2, -0.15) is 0 Å². The minimum atomic E-state index is -1.20. The summed E-state index contributed by atoms with van der Waals surface area (Å²) in [6.07, 6.45) is 6.75. The van der Waals surface area contributed by atoms with E-state index in [9.17, 15) is 29.1 Å². The summed E-state index contributed by atoms with van der Waals surface area (Å²) in [6, 6.07) is 1.51. The van der Waals surface area contributed by atoms with Gasteiger partial charge in [-0.25, -0.2) is 4.98 Å². The molecule has 6 atom stereocenters. The van der Waals surface area contributed by atoms with E-state index in [1.165, 1.54) is 6.92 Å². The monoisotopic (exact) mass is 828 g/mol. The van der Waals surface area contributed by atoms with Crippen LogP contribution in [0.1, 0.15) is 155 Å². The van der Waals surface area contributed by atoms with Crippen molar-refractivity contribution in [3.63, 3.8) is 0 Å². The number of benzene rings is 1. The van der Waals surface area contributed by atoms with Crippen LogP contribution in [0.25, 0.3) is 0 Å². The number of aliphatic carboxylic acids is 1. The molecule has 1 aromatic carbocycles. The lowest BCUT2D eigenvalue weighted by molar-refractivity contribution is -0.150. The number of piperidine rings is 1. The van der Waals surface area contributed by atoms with Crippen LogP contribution in [0.5, 0.6) is 0 Å². The molecular weight excluding hydrogens is 755 g/mol. The van der Waals surface area contributed by atoms with Crippen LogP contribution in [0.15, 0.2) is 29.6 Å². The predicted octanol–water partition coefficient (Wildman–Crippen LogP) is 7.74. The summed E-state index contributed by atoms with van der Waals surface area (Å²) in [5, 5.41) is 18.0. The van der Waals surface area contributed by atoms with E-state index in [0.717, 1.165) is 62.8 Å². The summed E-state index contributed by atoms with van der Waals surface area (Å²) in [5.41, 5.74) is 0.0211. The summed E-state index contributed by atoms with van der Waals surface area (Å²) in [5.74, 6) is -2.62. The minimum Gasteiger partial charge on any atom is -0.481 e. The molecular formula is C45H71N5O7S. The Morgan fingerprint density at radius 3 is 2.36 bits per heavy atom. The molecule has 3 rings (SSSR count). The molecule has 2 aromatic rings. The van der Waals surface area contributed by atoms with Gasteiger partial charge in [0.05, 0.1) is 14.2 Å². The van der Waals surface area contributed by atoms with Gasteiger partial charge >= 0.3 is 11.9 Å². The molecule has 324 valence electrons. The van der Waals surface area contributed by atoms with Crippen molar-refractivity contribution in [3.8, 4) is 0 Å². The molecule has 1 saturated heterocycles. The van der Waals surface area contributed by atoms with Crippen molar-refractivity contribution in [2.24, 2.45) is 17.3 Å². The fourth-order valence-corrected chi connectivity index (χ4v) is 8.45. The normalized spacial score (nSPS) is 17.9. The van der Waals surface area contributed by atoms with Crippen molar-refractivity contribution in [2.45, 2.75) is 163 Å². The van der Waals surface area contributed by atoms with E-state index in [1.807, 2.05) is 39.6 Å². The number of carbonyl (C=O) groups excluding carboxylic acids is 4. The molecule has 2 heterocycles. The maximum absolute atomic E-state index is 14.9. The van der Waals surface area contributed by atoms with E-state index in [-0.39, 0.29) is 66.7 Å². The zero-order chi connectivity index (χ0) is 44.9. The topological polar surface area (TPSA) is 158 Å². The Kier molecular flexibility index (Phi) is 18.0. The van der Waals surface area contributed by atoms with Gasteiger partial charge in [-0.1, -0.05) is 96.5 Å². The number of carboxylic acid groups (broad SMARTS) is 1. The number of hydrogen-bond donors (Lipinski definition) is 3. The number of aromatic nitrogens is 1. The summed E-state index contributed by atoms with van der Waals surface area (Å²) >= 11 is 1.16. The highest BCUT2D eigenvalue weighted by Crippen LogP contribution is 2.32. The van der Waals surface area contributed by atoms with E-state index in [0.29, 0.717) is 29.1 Å². The van der Waals surface area contributed by atoms with Gasteiger partial charge in [-0.15, -0.1) is 11.3 Å². The van der Waals surface area contributed by atoms with Crippen molar-refractivity contribution >= 4 is 41.0 Å². The number of esters is 1. The van der Waals surface area contributed by atoms with Crippen molar-refractivity contribution in [2.75, 3.05) is 20.1 Å². The molecule has 1 aliphatic rings. The number of amides is 3. The number of nitrogens with one attached hydrogen (secondary N) is 2. The minimum absolute atomic E-state index is 0.0670. The second-order valence-electron chi connectivity index (χ2n) is 17.2. The van der Waals surface area contributed by atoms with Gasteiger partial charge in [0, 0.05) is 37.4 Å². The first kappa shape index (κ1) is 45.2. The van der Waals surface area contributed by atoms with Gasteiger partial charge in [0.25, 0.3) is 5.91 Å². The molecule has 12 nitrogen and oxygen atoms in total. The van der Waals surface area contributed by atoms with E-state index < -0.39 is 47.5 Å². The highest BCUT2D eigenvalue weighted by Gasteiger charge is 2.39. The van der Waals surface area contributed by atoms with Crippen LogP contribution in [0.2, 0.25) is 0 Å². The van der Waals surface area contributed by atoms with Gasteiger partial charge in [-0.3, -0.25) is 28.9 Å². The summed E-state index contributed by atoms with van der Waals surface area (Å²) in [7, 11) is 1.95. The van der Waals surface area contributed by atoms with Crippen molar-refractivity contribution in [1.82, 2.24) is 25.4 Å².